The van der Waals surface area contributed by atoms with Gasteiger partial charge < -0.3 is 9.64 Å². The molecule has 0 saturated heterocycles. The van der Waals surface area contributed by atoms with E-state index in [-0.39, 0.29) is 5.91 Å². The number of hydrogen-bond acceptors (Lipinski definition) is 3. The van der Waals surface area contributed by atoms with E-state index in [0.717, 1.165) is 36.4 Å². The Hall–Kier alpha value is -2.30. The number of rotatable bonds is 4. The Morgan fingerprint density at radius 2 is 1.88 bits per heavy atom. The van der Waals surface area contributed by atoms with E-state index in [1.54, 1.807) is 0 Å². The Morgan fingerprint density at radius 3 is 2.67 bits per heavy atom. The van der Waals surface area contributed by atoms with Gasteiger partial charge in [-0.25, -0.2) is 0 Å². The average Bonchev–Trinajstić information content (AvgIpc) is 3.04. The van der Waals surface area contributed by atoms with Gasteiger partial charge in [0.2, 0.25) is 0 Å². The molecule has 1 amide bonds. The second kappa shape index (κ2) is 5.36. The number of ether oxygens (including phenoxy) is 1. The Morgan fingerprint density at radius 1 is 1.08 bits per heavy atom. The lowest BCUT2D eigenvalue weighted by atomic mass is 10.1. The Balaban J connectivity index is 1.29. The molecule has 2 fully saturated rings. The third kappa shape index (κ3) is 2.39. The van der Waals surface area contributed by atoms with Gasteiger partial charge in [0.1, 0.15) is 23.7 Å². The maximum absolute atomic E-state index is 12.8. The van der Waals surface area contributed by atoms with Crippen LogP contribution in [0.5, 0.6) is 5.75 Å². The normalized spacial score (nSPS) is 27.8. The van der Waals surface area contributed by atoms with E-state index in [9.17, 15) is 4.79 Å². The van der Waals surface area contributed by atoms with E-state index in [1.165, 1.54) is 19.3 Å². The Bertz CT molecular complexity index is 760. The highest BCUT2D eigenvalue weighted by Gasteiger charge is 2.49. The SMILES string of the molecule is O=C1c2cc(COc3ccccc3)nn2CCN1C1CC2CC2C1. The Kier molecular flexibility index (Phi) is 3.15. The highest BCUT2D eigenvalue weighted by molar-refractivity contribution is 5.93. The maximum atomic E-state index is 12.8. The number of benzene rings is 1. The molecule has 2 aromatic rings. The minimum Gasteiger partial charge on any atom is -0.487 e. The monoisotopic (exact) mass is 323 g/mol. The number of aromatic nitrogens is 2. The van der Waals surface area contributed by atoms with E-state index < -0.39 is 0 Å². The van der Waals surface area contributed by atoms with Crippen LogP contribution < -0.4 is 4.74 Å². The van der Waals surface area contributed by atoms with Crippen molar-refractivity contribution in [2.45, 2.75) is 38.5 Å². The zero-order valence-electron chi connectivity index (χ0n) is 13.6. The molecule has 0 radical (unpaired) electrons. The number of amides is 1. The first-order valence-electron chi connectivity index (χ1n) is 8.83. The van der Waals surface area contributed by atoms with Crippen molar-refractivity contribution in [3.05, 3.63) is 47.8 Å². The number of para-hydroxylation sites is 1. The second-order valence-corrected chi connectivity index (χ2v) is 7.23. The molecule has 2 heterocycles. The lowest BCUT2D eigenvalue weighted by Gasteiger charge is -2.33. The van der Waals surface area contributed by atoms with E-state index in [4.69, 9.17) is 4.74 Å². The number of nitrogens with zero attached hydrogens (tertiary/aromatic N) is 3. The van der Waals surface area contributed by atoms with Crippen molar-refractivity contribution in [1.82, 2.24) is 14.7 Å². The predicted octanol–water partition coefficient (Wildman–Crippen LogP) is 2.72. The summed E-state index contributed by atoms with van der Waals surface area (Å²) in [5.74, 6) is 2.75. The van der Waals surface area contributed by atoms with Crippen molar-refractivity contribution in [2.24, 2.45) is 11.8 Å². The van der Waals surface area contributed by atoms with Crippen LogP contribution in [0.15, 0.2) is 36.4 Å². The summed E-state index contributed by atoms with van der Waals surface area (Å²) in [6.45, 7) is 1.97. The molecule has 5 rings (SSSR count). The van der Waals surface area contributed by atoms with Gasteiger partial charge in [0.05, 0.1) is 6.54 Å². The van der Waals surface area contributed by atoms with Crippen LogP contribution in [-0.2, 0) is 13.2 Å². The highest BCUT2D eigenvalue weighted by atomic mass is 16.5. The molecule has 2 saturated carbocycles. The van der Waals surface area contributed by atoms with Crippen molar-refractivity contribution in [3.63, 3.8) is 0 Å². The minimum atomic E-state index is 0.144. The zero-order chi connectivity index (χ0) is 16.1. The molecule has 1 aromatic carbocycles. The van der Waals surface area contributed by atoms with Crippen LogP contribution in [-0.4, -0.2) is 33.2 Å². The standard InChI is InChI=1S/C19H21N3O2/c23-19-18-11-15(12-24-17-4-2-1-3-5-17)20-22(18)7-6-21(19)16-9-13-8-14(13)10-16/h1-5,11,13-14,16H,6-10,12H2. The number of fused-ring (bicyclic) bond motifs is 2. The molecule has 5 heteroatoms. The summed E-state index contributed by atoms with van der Waals surface area (Å²) in [4.78, 5) is 14.9. The molecule has 2 unspecified atom stereocenters. The summed E-state index contributed by atoms with van der Waals surface area (Å²) in [6, 6.07) is 12.1. The smallest absolute Gasteiger partial charge is 0.272 e. The first-order valence-corrected chi connectivity index (χ1v) is 8.83. The molecule has 3 aliphatic rings. The predicted molar refractivity (Wildman–Crippen MR) is 88.7 cm³/mol. The van der Waals surface area contributed by atoms with Gasteiger partial charge in [-0.2, -0.15) is 5.10 Å². The summed E-state index contributed by atoms with van der Waals surface area (Å²) in [6.07, 6.45) is 3.79. The van der Waals surface area contributed by atoms with Gasteiger partial charge in [-0.05, 0) is 49.3 Å². The summed E-state index contributed by atoms with van der Waals surface area (Å²) < 4.78 is 7.60. The van der Waals surface area contributed by atoms with Gasteiger partial charge in [0.15, 0.2) is 0 Å². The van der Waals surface area contributed by atoms with Crippen LogP contribution in [0.4, 0.5) is 0 Å². The van der Waals surface area contributed by atoms with Gasteiger partial charge in [-0.15, -0.1) is 0 Å². The molecular weight excluding hydrogens is 302 g/mol. The van der Waals surface area contributed by atoms with Gasteiger partial charge >= 0.3 is 0 Å². The lowest BCUT2D eigenvalue weighted by molar-refractivity contribution is 0.0602. The molecule has 0 bridgehead atoms. The van der Waals surface area contributed by atoms with Crippen molar-refractivity contribution < 1.29 is 9.53 Å². The summed E-state index contributed by atoms with van der Waals surface area (Å²) in [5, 5.41) is 4.55. The van der Waals surface area contributed by atoms with Crippen LogP contribution in [0.1, 0.15) is 35.4 Å². The molecule has 1 aliphatic heterocycles. The molecule has 24 heavy (non-hydrogen) atoms. The van der Waals surface area contributed by atoms with Crippen LogP contribution in [0.25, 0.3) is 0 Å². The quantitative estimate of drug-likeness (QED) is 0.869. The van der Waals surface area contributed by atoms with Gasteiger partial charge in [0, 0.05) is 12.6 Å². The van der Waals surface area contributed by atoms with Crippen LogP contribution in [0.3, 0.4) is 0 Å². The molecule has 0 N–H and O–H groups in total. The molecule has 2 atom stereocenters. The number of hydrogen-bond donors (Lipinski definition) is 0. The van der Waals surface area contributed by atoms with Gasteiger partial charge in [-0.1, -0.05) is 18.2 Å². The summed E-state index contributed by atoms with van der Waals surface area (Å²) in [7, 11) is 0. The van der Waals surface area contributed by atoms with Crippen molar-refractivity contribution in [2.75, 3.05) is 6.54 Å². The molecule has 0 spiro atoms. The fourth-order valence-electron chi connectivity index (χ4n) is 4.29. The molecular formula is C19H21N3O2. The minimum absolute atomic E-state index is 0.144. The molecule has 124 valence electrons. The summed E-state index contributed by atoms with van der Waals surface area (Å²) >= 11 is 0. The first kappa shape index (κ1) is 14.1. The third-order valence-electron chi connectivity index (χ3n) is 5.65. The van der Waals surface area contributed by atoms with E-state index >= 15 is 0 Å². The number of carbonyl (C=O) groups excluding carboxylic acids is 1. The van der Waals surface area contributed by atoms with Crippen LogP contribution >= 0.6 is 0 Å². The second-order valence-electron chi connectivity index (χ2n) is 7.23. The van der Waals surface area contributed by atoms with Crippen molar-refractivity contribution in [3.8, 4) is 5.75 Å². The fraction of sp³-hybridized carbons (Fsp3) is 0.474. The average molecular weight is 323 g/mol. The van der Waals surface area contributed by atoms with Crippen LogP contribution in [0.2, 0.25) is 0 Å². The van der Waals surface area contributed by atoms with Gasteiger partial charge in [-0.3, -0.25) is 9.48 Å². The van der Waals surface area contributed by atoms with E-state index in [2.05, 4.69) is 10.00 Å². The topological polar surface area (TPSA) is 47.4 Å². The largest absolute Gasteiger partial charge is 0.487 e. The Labute approximate surface area is 141 Å². The van der Waals surface area contributed by atoms with E-state index in [1.807, 2.05) is 41.1 Å². The van der Waals surface area contributed by atoms with Crippen molar-refractivity contribution in [1.29, 1.82) is 0 Å². The number of carbonyl (C=O) groups is 1. The maximum Gasteiger partial charge on any atom is 0.272 e. The third-order valence-corrected chi connectivity index (χ3v) is 5.65. The van der Waals surface area contributed by atoms with Gasteiger partial charge in [0.25, 0.3) is 5.91 Å². The van der Waals surface area contributed by atoms with E-state index in [0.29, 0.717) is 18.3 Å². The van der Waals surface area contributed by atoms with Crippen LogP contribution in [0, 0.1) is 11.8 Å². The molecule has 5 nitrogen and oxygen atoms in total. The summed E-state index contributed by atoms with van der Waals surface area (Å²) in [5.41, 5.74) is 1.53. The van der Waals surface area contributed by atoms with Crippen molar-refractivity contribution >= 4 is 5.91 Å². The lowest BCUT2D eigenvalue weighted by Crippen LogP contribution is -2.46. The zero-order valence-corrected chi connectivity index (χ0v) is 13.6. The molecule has 2 aliphatic carbocycles. The fourth-order valence-corrected chi connectivity index (χ4v) is 4.29. The first-order chi connectivity index (χ1) is 11.8. The highest BCUT2D eigenvalue weighted by Crippen LogP contribution is 2.53. The molecule has 1 aromatic heterocycles.